The maximum Gasteiger partial charge on any atom is 0.244 e. The molecule has 158 valence electrons. The van der Waals surface area contributed by atoms with Gasteiger partial charge in [0.05, 0.1) is 31.7 Å². The number of carbonyl (C=O) groups excluding carboxylic acids is 1. The minimum Gasteiger partial charge on any atom is -0.497 e. The number of nitrogens with zero attached hydrogens (tertiary/aromatic N) is 1. The van der Waals surface area contributed by atoms with E-state index in [1.54, 1.807) is 38.3 Å². The lowest BCUT2D eigenvalue weighted by atomic mass is 10.1. The summed E-state index contributed by atoms with van der Waals surface area (Å²) in [6, 6.07) is 12.7. The molecule has 1 amide bonds. The largest absolute Gasteiger partial charge is 0.497 e. The second-order valence-corrected chi connectivity index (χ2v) is 8.52. The Balaban J connectivity index is 2.19. The summed E-state index contributed by atoms with van der Waals surface area (Å²) in [5.41, 5.74) is 1.29. The standard InChI is InChI=1S/C21H28N2O5S/c1-6-28-20-13-9-18(10-14-20)23(29(5,25)26)16(3)21(24)22-15(2)17-7-11-19(27-4)12-8-17/h7-16H,6H2,1-5H3,(H,22,24)/t15-,16-/m0/s1. The van der Waals surface area contributed by atoms with Gasteiger partial charge in [-0.1, -0.05) is 12.1 Å². The summed E-state index contributed by atoms with van der Waals surface area (Å²) in [5, 5.41) is 2.88. The Morgan fingerprint density at radius 3 is 2.07 bits per heavy atom. The number of methoxy groups -OCH3 is 1. The monoisotopic (exact) mass is 420 g/mol. The first-order valence-electron chi connectivity index (χ1n) is 9.34. The Morgan fingerprint density at radius 1 is 1.03 bits per heavy atom. The van der Waals surface area contributed by atoms with Gasteiger partial charge < -0.3 is 14.8 Å². The molecule has 0 fully saturated rings. The van der Waals surface area contributed by atoms with Crippen LogP contribution in [0.4, 0.5) is 5.69 Å². The molecule has 2 rings (SSSR count). The van der Waals surface area contributed by atoms with E-state index in [1.807, 2.05) is 38.1 Å². The van der Waals surface area contributed by atoms with E-state index in [-0.39, 0.29) is 6.04 Å². The first kappa shape index (κ1) is 22.5. The lowest BCUT2D eigenvalue weighted by Gasteiger charge is -2.29. The molecule has 0 aliphatic carbocycles. The van der Waals surface area contributed by atoms with Crippen molar-refractivity contribution in [3.8, 4) is 11.5 Å². The summed E-state index contributed by atoms with van der Waals surface area (Å²) < 4.78 is 36.5. The molecular formula is C21H28N2O5S. The van der Waals surface area contributed by atoms with Crippen LogP contribution in [-0.4, -0.2) is 40.3 Å². The molecule has 8 heteroatoms. The number of hydrogen-bond acceptors (Lipinski definition) is 5. The maximum atomic E-state index is 12.8. The van der Waals surface area contributed by atoms with Gasteiger partial charge in [0.25, 0.3) is 0 Å². The number of hydrogen-bond donors (Lipinski definition) is 1. The van der Waals surface area contributed by atoms with Gasteiger partial charge in [-0.2, -0.15) is 0 Å². The van der Waals surface area contributed by atoms with Gasteiger partial charge in [0, 0.05) is 0 Å². The van der Waals surface area contributed by atoms with Crippen LogP contribution >= 0.6 is 0 Å². The lowest BCUT2D eigenvalue weighted by molar-refractivity contribution is -0.122. The Labute approximate surface area is 172 Å². The number of carbonyl (C=O) groups is 1. The SMILES string of the molecule is CCOc1ccc(N([C@@H](C)C(=O)N[C@@H](C)c2ccc(OC)cc2)S(C)(=O)=O)cc1. The van der Waals surface area contributed by atoms with Crippen LogP contribution in [-0.2, 0) is 14.8 Å². The van der Waals surface area contributed by atoms with E-state index in [0.717, 1.165) is 21.9 Å². The van der Waals surface area contributed by atoms with Crippen LogP contribution in [0.25, 0.3) is 0 Å². The third kappa shape index (κ3) is 5.87. The van der Waals surface area contributed by atoms with Gasteiger partial charge in [0.1, 0.15) is 17.5 Å². The third-order valence-electron chi connectivity index (χ3n) is 4.47. The van der Waals surface area contributed by atoms with Crippen LogP contribution in [0.2, 0.25) is 0 Å². The van der Waals surface area contributed by atoms with E-state index in [0.29, 0.717) is 18.0 Å². The van der Waals surface area contributed by atoms with Crippen molar-refractivity contribution in [3.63, 3.8) is 0 Å². The summed E-state index contributed by atoms with van der Waals surface area (Å²) in [5.74, 6) is 0.960. The second-order valence-electron chi connectivity index (χ2n) is 6.67. The van der Waals surface area contributed by atoms with Crippen molar-refractivity contribution >= 4 is 21.6 Å². The first-order chi connectivity index (χ1) is 13.7. The number of nitrogens with one attached hydrogen (secondary N) is 1. The van der Waals surface area contributed by atoms with E-state index in [1.165, 1.54) is 0 Å². The number of sulfonamides is 1. The quantitative estimate of drug-likeness (QED) is 0.674. The molecule has 0 aromatic heterocycles. The molecule has 0 unspecified atom stereocenters. The highest BCUT2D eigenvalue weighted by Gasteiger charge is 2.30. The van der Waals surface area contributed by atoms with Crippen molar-refractivity contribution in [1.29, 1.82) is 0 Å². The smallest absolute Gasteiger partial charge is 0.244 e. The lowest BCUT2D eigenvalue weighted by Crippen LogP contribution is -2.48. The topological polar surface area (TPSA) is 84.9 Å². The summed E-state index contributed by atoms with van der Waals surface area (Å²) in [7, 11) is -2.10. The molecule has 0 saturated heterocycles. The zero-order chi connectivity index (χ0) is 21.6. The fourth-order valence-electron chi connectivity index (χ4n) is 2.97. The molecule has 2 aromatic carbocycles. The number of rotatable bonds is 9. The maximum absolute atomic E-state index is 12.8. The molecular weight excluding hydrogens is 392 g/mol. The third-order valence-corrected chi connectivity index (χ3v) is 5.71. The predicted molar refractivity (Wildman–Crippen MR) is 114 cm³/mol. The van der Waals surface area contributed by atoms with E-state index in [9.17, 15) is 13.2 Å². The average Bonchev–Trinajstić information content (AvgIpc) is 2.68. The Bertz CT molecular complexity index is 911. The normalized spacial score (nSPS) is 13.3. The first-order valence-corrected chi connectivity index (χ1v) is 11.2. The molecule has 0 radical (unpaired) electrons. The highest BCUT2D eigenvalue weighted by atomic mass is 32.2. The minimum absolute atomic E-state index is 0.294. The fraction of sp³-hybridized carbons (Fsp3) is 0.381. The van der Waals surface area contributed by atoms with Crippen LogP contribution in [0.3, 0.4) is 0 Å². The van der Waals surface area contributed by atoms with E-state index < -0.39 is 22.0 Å². The van der Waals surface area contributed by atoms with Crippen molar-refractivity contribution in [1.82, 2.24) is 5.32 Å². The van der Waals surface area contributed by atoms with Crippen molar-refractivity contribution in [3.05, 3.63) is 54.1 Å². The summed E-state index contributed by atoms with van der Waals surface area (Å²) >= 11 is 0. The second kappa shape index (κ2) is 9.65. The molecule has 0 spiro atoms. The summed E-state index contributed by atoms with van der Waals surface area (Å²) in [6.45, 7) is 5.78. The van der Waals surface area contributed by atoms with Crippen LogP contribution in [0.5, 0.6) is 11.5 Å². The fourth-order valence-corrected chi connectivity index (χ4v) is 4.15. The molecule has 0 aliphatic rings. The zero-order valence-electron chi connectivity index (χ0n) is 17.4. The van der Waals surface area contributed by atoms with Crippen LogP contribution in [0.15, 0.2) is 48.5 Å². The number of ether oxygens (including phenoxy) is 2. The van der Waals surface area contributed by atoms with Crippen LogP contribution in [0.1, 0.15) is 32.4 Å². The average molecular weight is 421 g/mol. The highest BCUT2D eigenvalue weighted by molar-refractivity contribution is 7.92. The van der Waals surface area contributed by atoms with Crippen molar-refractivity contribution in [2.45, 2.75) is 32.9 Å². The van der Waals surface area contributed by atoms with E-state index in [2.05, 4.69) is 5.32 Å². The molecule has 7 nitrogen and oxygen atoms in total. The van der Waals surface area contributed by atoms with Gasteiger partial charge in [-0.05, 0) is 62.7 Å². The number of anilines is 1. The van der Waals surface area contributed by atoms with Gasteiger partial charge in [0.2, 0.25) is 15.9 Å². The molecule has 2 atom stereocenters. The highest BCUT2D eigenvalue weighted by Crippen LogP contribution is 2.25. The van der Waals surface area contributed by atoms with Crippen molar-refractivity contribution in [2.24, 2.45) is 0 Å². The minimum atomic E-state index is -3.68. The summed E-state index contributed by atoms with van der Waals surface area (Å²) in [6.07, 6.45) is 1.08. The predicted octanol–water partition coefficient (Wildman–Crippen LogP) is 3.13. The molecule has 0 heterocycles. The van der Waals surface area contributed by atoms with Crippen LogP contribution in [0, 0.1) is 0 Å². The van der Waals surface area contributed by atoms with Crippen molar-refractivity contribution < 1.29 is 22.7 Å². The Hall–Kier alpha value is -2.74. The Kier molecular flexibility index (Phi) is 7.50. The zero-order valence-corrected chi connectivity index (χ0v) is 18.2. The molecule has 0 bridgehead atoms. The van der Waals surface area contributed by atoms with Gasteiger partial charge in [-0.15, -0.1) is 0 Å². The Morgan fingerprint density at radius 2 is 1.59 bits per heavy atom. The molecule has 0 saturated carbocycles. The van der Waals surface area contributed by atoms with Crippen molar-refractivity contribution in [2.75, 3.05) is 24.3 Å². The van der Waals surface area contributed by atoms with Gasteiger partial charge in [-0.3, -0.25) is 9.10 Å². The molecule has 29 heavy (non-hydrogen) atoms. The number of amides is 1. The van der Waals surface area contributed by atoms with E-state index in [4.69, 9.17) is 9.47 Å². The number of benzene rings is 2. The van der Waals surface area contributed by atoms with E-state index >= 15 is 0 Å². The molecule has 2 aromatic rings. The van der Waals surface area contributed by atoms with Gasteiger partial charge in [0.15, 0.2) is 0 Å². The summed E-state index contributed by atoms with van der Waals surface area (Å²) in [4.78, 5) is 12.8. The van der Waals surface area contributed by atoms with Crippen LogP contribution < -0.4 is 19.1 Å². The van der Waals surface area contributed by atoms with Gasteiger partial charge >= 0.3 is 0 Å². The van der Waals surface area contributed by atoms with Gasteiger partial charge in [-0.25, -0.2) is 8.42 Å². The molecule has 1 N–H and O–H groups in total. The molecule has 0 aliphatic heterocycles.